The Kier molecular flexibility index (Phi) is 6.65. The molecule has 34 heavy (non-hydrogen) atoms. The zero-order valence-corrected chi connectivity index (χ0v) is 18.1. The van der Waals surface area contributed by atoms with E-state index in [1.807, 2.05) is 6.92 Å². The first kappa shape index (κ1) is 23.4. The lowest BCUT2D eigenvalue weighted by molar-refractivity contribution is 0.453. The summed E-state index contributed by atoms with van der Waals surface area (Å²) in [6, 6.07) is 11.1. The molecule has 4 aromatic rings. The van der Waals surface area contributed by atoms with Gasteiger partial charge in [-0.2, -0.15) is 0 Å². The molecule has 0 aliphatic carbocycles. The van der Waals surface area contributed by atoms with Crippen LogP contribution < -0.4 is 0 Å². The Hall–Kier alpha value is -3.72. The van der Waals surface area contributed by atoms with E-state index in [0.29, 0.717) is 17.5 Å². The summed E-state index contributed by atoms with van der Waals surface area (Å²) in [5.74, 6) is -1.21. The summed E-state index contributed by atoms with van der Waals surface area (Å²) < 4.78 is 84.5. The molecule has 4 rings (SSSR count). The first-order valence-corrected chi connectivity index (χ1v) is 10.7. The Morgan fingerprint density at radius 2 is 1.41 bits per heavy atom. The minimum absolute atomic E-state index is 0.0271. The van der Waals surface area contributed by atoms with Crippen LogP contribution in [0.3, 0.4) is 0 Å². The van der Waals surface area contributed by atoms with Crippen LogP contribution in [-0.4, -0.2) is 0 Å². The van der Waals surface area contributed by atoms with Gasteiger partial charge in [0, 0.05) is 10.9 Å². The second-order valence-corrected chi connectivity index (χ2v) is 7.90. The average Bonchev–Trinajstić information content (AvgIpc) is 2.80. The highest BCUT2D eigenvalue weighted by Gasteiger charge is 2.16. The third-order valence-electron chi connectivity index (χ3n) is 5.49. The highest BCUT2D eigenvalue weighted by Crippen LogP contribution is 2.29. The fourth-order valence-corrected chi connectivity index (χ4v) is 3.72. The van der Waals surface area contributed by atoms with Crippen LogP contribution in [-0.2, 0) is 6.42 Å². The quantitative estimate of drug-likeness (QED) is 0.161. The van der Waals surface area contributed by atoms with Crippen molar-refractivity contribution in [2.24, 2.45) is 0 Å². The molecule has 4 aromatic carbocycles. The molecule has 0 bridgehead atoms. The molecule has 0 spiro atoms. The minimum atomic E-state index is -1.56. The van der Waals surface area contributed by atoms with E-state index in [1.54, 1.807) is 0 Å². The van der Waals surface area contributed by atoms with Gasteiger partial charge in [0.15, 0.2) is 17.5 Å². The van der Waals surface area contributed by atoms with E-state index < -0.39 is 34.9 Å². The number of benzene rings is 4. The van der Waals surface area contributed by atoms with Crippen molar-refractivity contribution >= 4 is 10.8 Å². The predicted octanol–water partition coefficient (Wildman–Crippen LogP) is 8.08. The van der Waals surface area contributed by atoms with E-state index in [1.165, 1.54) is 42.5 Å². The van der Waals surface area contributed by atoms with Crippen LogP contribution in [0.4, 0.5) is 26.3 Å². The fourth-order valence-electron chi connectivity index (χ4n) is 3.72. The summed E-state index contributed by atoms with van der Waals surface area (Å²) in [5.41, 5.74) is 0.562. The first-order valence-electron chi connectivity index (χ1n) is 10.7. The van der Waals surface area contributed by atoms with Crippen LogP contribution >= 0.6 is 0 Å². The van der Waals surface area contributed by atoms with Crippen molar-refractivity contribution in [1.82, 2.24) is 0 Å². The van der Waals surface area contributed by atoms with E-state index in [-0.39, 0.29) is 27.5 Å². The van der Waals surface area contributed by atoms with Crippen molar-refractivity contribution in [3.05, 3.63) is 106 Å². The summed E-state index contributed by atoms with van der Waals surface area (Å²) in [6.45, 7) is 1.98. The van der Waals surface area contributed by atoms with Crippen molar-refractivity contribution in [3.8, 4) is 23.0 Å². The lowest BCUT2D eigenvalue weighted by atomic mass is 9.99. The summed E-state index contributed by atoms with van der Waals surface area (Å²) in [4.78, 5) is 0. The third kappa shape index (κ3) is 4.65. The predicted molar refractivity (Wildman–Crippen MR) is 120 cm³/mol. The van der Waals surface area contributed by atoms with Crippen LogP contribution in [0.25, 0.3) is 21.9 Å². The monoisotopic (exact) mass is 468 g/mol. The van der Waals surface area contributed by atoms with Crippen molar-refractivity contribution < 1.29 is 26.3 Å². The SMILES string of the molecule is CCCCc1cc(F)c(-c2ccc(C#Cc3ccc4c(F)c(F)c(F)cc4c3)c(F)c2)c(F)c1. The van der Waals surface area contributed by atoms with Crippen molar-refractivity contribution in [3.63, 3.8) is 0 Å². The van der Waals surface area contributed by atoms with Gasteiger partial charge in [0.1, 0.15) is 17.5 Å². The summed E-state index contributed by atoms with van der Waals surface area (Å²) in [5, 5.41) is -0.00268. The highest BCUT2D eigenvalue weighted by atomic mass is 19.2. The van der Waals surface area contributed by atoms with Crippen molar-refractivity contribution in [2.75, 3.05) is 0 Å². The summed E-state index contributed by atoms with van der Waals surface area (Å²) in [7, 11) is 0. The molecule has 0 aromatic heterocycles. The van der Waals surface area contributed by atoms with Gasteiger partial charge in [-0.05, 0) is 71.8 Å². The number of aryl methyl sites for hydroxylation is 1. The first-order chi connectivity index (χ1) is 16.3. The van der Waals surface area contributed by atoms with Gasteiger partial charge in [0.2, 0.25) is 0 Å². The molecule has 0 atom stereocenters. The Morgan fingerprint density at radius 3 is 2.09 bits per heavy atom. The van der Waals surface area contributed by atoms with E-state index >= 15 is 0 Å². The normalized spacial score (nSPS) is 10.9. The van der Waals surface area contributed by atoms with Gasteiger partial charge >= 0.3 is 0 Å². The molecule has 172 valence electrons. The zero-order chi connectivity index (χ0) is 24.4. The largest absolute Gasteiger partial charge is 0.206 e. The maximum Gasteiger partial charge on any atom is 0.195 e. The molecule has 6 heteroatoms. The number of halogens is 6. The van der Waals surface area contributed by atoms with Gasteiger partial charge < -0.3 is 0 Å². The molecule has 0 N–H and O–H groups in total. The second kappa shape index (κ2) is 9.64. The van der Waals surface area contributed by atoms with Gasteiger partial charge in [-0.3, -0.25) is 0 Å². The Morgan fingerprint density at radius 1 is 0.676 bits per heavy atom. The van der Waals surface area contributed by atoms with Crippen LogP contribution in [0.1, 0.15) is 36.5 Å². The number of hydrogen-bond acceptors (Lipinski definition) is 0. The number of hydrogen-bond donors (Lipinski definition) is 0. The number of fused-ring (bicyclic) bond motifs is 1. The summed E-state index contributed by atoms with van der Waals surface area (Å²) in [6.07, 6.45) is 2.25. The van der Waals surface area contributed by atoms with E-state index in [2.05, 4.69) is 11.8 Å². The van der Waals surface area contributed by atoms with Crippen LogP contribution in [0, 0.1) is 46.7 Å². The Labute approximate surface area is 192 Å². The number of rotatable bonds is 4. The zero-order valence-electron chi connectivity index (χ0n) is 18.1. The Balaban J connectivity index is 1.64. The molecule has 0 aliphatic rings. The van der Waals surface area contributed by atoms with Crippen LogP contribution in [0.15, 0.2) is 54.6 Å². The lowest BCUT2D eigenvalue weighted by Crippen LogP contribution is -1.96. The standard InChI is InChI=1S/C28H18F6/c1-2-3-4-17-12-23(30)26(24(31)13-17)19-9-8-18(22(29)14-19)7-5-16-6-10-21-20(11-16)15-25(32)28(34)27(21)33/h6,8-15H,2-4H2,1H3. The molecule has 0 fully saturated rings. The maximum absolute atomic E-state index is 14.7. The van der Waals surface area contributed by atoms with Gasteiger partial charge in [0.05, 0.1) is 11.1 Å². The van der Waals surface area contributed by atoms with E-state index in [0.717, 1.165) is 25.0 Å². The molecular weight excluding hydrogens is 450 g/mol. The fraction of sp³-hybridized carbons (Fsp3) is 0.143. The summed E-state index contributed by atoms with van der Waals surface area (Å²) >= 11 is 0. The van der Waals surface area contributed by atoms with Crippen LogP contribution in [0.5, 0.6) is 0 Å². The van der Waals surface area contributed by atoms with Gasteiger partial charge in [0.25, 0.3) is 0 Å². The van der Waals surface area contributed by atoms with Gasteiger partial charge in [-0.15, -0.1) is 0 Å². The molecule has 0 unspecified atom stereocenters. The molecule has 0 saturated heterocycles. The van der Waals surface area contributed by atoms with Crippen molar-refractivity contribution in [1.29, 1.82) is 0 Å². The minimum Gasteiger partial charge on any atom is -0.206 e. The Bertz CT molecular complexity index is 1440. The average molecular weight is 468 g/mol. The lowest BCUT2D eigenvalue weighted by Gasteiger charge is -2.09. The highest BCUT2D eigenvalue weighted by molar-refractivity contribution is 5.84. The third-order valence-corrected chi connectivity index (χ3v) is 5.49. The second-order valence-electron chi connectivity index (χ2n) is 7.90. The molecule has 0 amide bonds. The topological polar surface area (TPSA) is 0 Å². The molecule has 0 saturated carbocycles. The van der Waals surface area contributed by atoms with Gasteiger partial charge in [-0.1, -0.05) is 37.3 Å². The molecule has 0 heterocycles. The number of unbranched alkanes of at least 4 members (excludes halogenated alkanes) is 1. The van der Waals surface area contributed by atoms with Crippen molar-refractivity contribution in [2.45, 2.75) is 26.2 Å². The molecule has 0 nitrogen and oxygen atoms in total. The van der Waals surface area contributed by atoms with Gasteiger partial charge in [-0.25, -0.2) is 26.3 Å². The molecule has 0 radical (unpaired) electrons. The molecular formula is C28H18F6. The van der Waals surface area contributed by atoms with E-state index in [9.17, 15) is 26.3 Å². The van der Waals surface area contributed by atoms with E-state index in [4.69, 9.17) is 0 Å². The molecule has 0 aliphatic heterocycles. The smallest absolute Gasteiger partial charge is 0.195 e. The maximum atomic E-state index is 14.7. The van der Waals surface area contributed by atoms with Crippen LogP contribution in [0.2, 0.25) is 0 Å².